The van der Waals surface area contributed by atoms with Gasteiger partial charge in [-0.25, -0.2) is 8.42 Å². The summed E-state index contributed by atoms with van der Waals surface area (Å²) >= 11 is 0. The number of aromatic nitrogens is 1. The van der Waals surface area contributed by atoms with Crippen molar-refractivity contribution in [3.8, 4) is 0 Å². The Morgan fingerprint density at radius 3 is 2.38 bits per heavy atom. The number of para-hydroxylation sites is 1. The Bertz CT molecular complexity index is 1350. The molecule has 0 radical (unpaired) electrons. The number of sulfone groups is 1. The topological polar surface area (TPSA) is 97.7 Å². The maximum absolute atomic E-state index is 13.3. The molecule has 1 aromatic heterocycles. The lowest BCUT2D eigenvalue weighted by Crippen LogP contribution is -2.49. The molecule has 3 aromatic rings. The molecule has 9 heteroatoms. The van der Waals surface area contributed by atoms with Gasteiger partial charge in [0.2, 0.25) is 11.8 Å². The first-order valence-electron chi connectivity index (χ1n) is 12.8. The van der Waals surface area contributed by atoms with E-state index >= 15 is 0 Å². The van der Waals surface area contributed by atoms with Crippen LogP contribution in [0.1, 0.15) is 39.2 Å². The molecule has 1 saturated heterocycles. The van der Waals surface area contributed by atoms with Crippen molar-refractivity contribution in [1.29, 1.82) is 0 Å². The molecule has 0 bridgehead atoms. The number of rotatable bonds is 9. The lowest BCUT2D eigenvalue weighted by Gasteiger charge is -2.35. The van der Waals surface area contributed by atoms with Gasteiger partial charge in [-0.3, -0.25) is 9.59 Å². The Balaban J connectivity index is 1.50. The first-order valence-corrected chi connectivity index (χ1v) is 14.4. The Morgan fingerprint density at radius 1 is 1.03 bits per heavy atom. The third-order valence-electron chi connectivity index (χ3n) is 6.54. The fraction of sp³-hybridized carbons (Fsp3) is 0.429. The summed E-state index contributed by atoms with van der Waals surface area (Å²) < 4.78 is 34.0. The van der Waals surface area contributed by atoms with Crippen molar-refractivity contribution in [1.82, 2.24) is 9.47 Å². The van der Waals surface area contributed by atoms with E-state index < -0.39 is 21.5 Å². The standard InChI is InChI=1S/C28H35N3O5S/c1-4-5-8-22-11-13-23(14-12-22)29-27(32)19-37(34,35)26-17-30(25-10-7-6-9-24(25)26)18-28(33)31-15-20(2)36-21(3)16-31/h6-7,9-14,17,20-21H,4-5,8,15-16,18-19H2,1-3H3,(H,29,32). The van der Waals surface area contributed by atoms with Crippen LogP contribution in [-0.2, 0) is 37.1 Å². The van der Waals surface area contributed by atoms with Crippen molar-refractivity contribution in [2.24, 2.45) is 0 Å². The molecule has 1 aliphatic heterocycles. The predicted octanol–water partition coefficient (Wildman–Crippen LogP) is 4.03. The highest BCUT2D eigenvalue weighted by Crippen LogP contribution is 2.27. The average molecular weight is 526 g/mol. The van der Waals surface area contributed by atoms with E-state index in [1.807, 2.05) is 26.0 Å². The van der Waals surface area contributed by atoms with E-state index in [0.717, 1.165) is 19.3 Å². The number of morpholine rings is 1. The quantitative estimate of drug-likeness (QED) is 0.455. The first kappa shape index (κ1) is 26.9. The van der Waals surface area contributed by atoms with Gasteiger partial charge < -0.3 is 19.5 Å². The molecule has 198 valence electrons. The van der Waals surface area contributed by atoms with Crippen molar-refractivity contribution in [3.05, 3.63) is 60.3 Å². The van der Waals surface area contributed by atoms with E-state index in [-0.39, 0.29) is 29.6 Å². The Labute approximate surface area is 218 Å². The minimum Gasteiger partial charge on any atom is -0.372 e. The molecule has 4 rings (SSSR count). The number of carbonyl (C=O) groups is 2. The summed E-state index contributed by atoms with van der Waals surface area (Å²) in [6.07, 6.45) is 4.52. The average Bonchev–Trinajstić information content (AvgIpc) is 3.22. The fourth-order valence-corrected chi connectivity index (χ4v) is 6.17. The summed E-state index contributed by atoms with van der Waals surface area (Å²) in [5, 5.41) is 3.18. The molecule has 0 saturated carbocycles. The predicted molar refractivity (Wildman–Crippen MR) is 144 cm³/mol. The lowest BCUT2D eigenvalue weighted by molar-refractivity contribution is -0.143. The zero-order chi connectivity index (χ0) is 26.6. The molecule has 2 aromatic carbocycles. The van der Waals surface area contributed by atoms with Gasteiger partial charge in [0.15, 0.2) is 9.84 Å². The third kappa shape index (κ3) is 6.59. The van der Waals surface area contributed by atoms with Gasteiger partial charge in [0, 0.05) is 35.9 Å². The normalized spacial score (nSPS) is 18.2. The second-order valence-corrected chi connectivity index (χ2v) is 11.8. The molecule has 1 fully saturated rings. The number of nitrogens with one attached hydrogen (secondary N) is 1. The molecule has 0 aliphatic carbocycles. The summed E-state index contributed by atoms with van der Waals surface area (Å²) in [6, 6.07) is 14.5. The van der Waals surface area contributed by atoms with Crippen LogP contribution in [0.25, 0.3) is 10.9 Å². The molecule has 1 N–H and O–H groups in total. The van der Waals surface area contributed by atoms with Crippen molar-refractivity contribution < 1.29 is 22.7 Å². The first-order chi connectivity index (χ1) is 17.7. The zero-order valence-electron chi connectivity index (χ0n) is 21.6. The maximum atomic E-state index is 13.3. The van der Waals surface area contributed by atoms with Gasteiger partial charge in [-0.2, -0.15) is 0 Å². The number of anilines is 1. The fourth-order valence-electron chi connectivity index (χ4n) is 4.80. The summed E-state index contributed by atoms with van der Waals surface area (Å²) in [7, 11) is -3.96. The number of aryl methyl sites for hydroxylation is 1. The highest BCUT2D eigenvalue weighted by atomic mass is 32.2. The van der Waals surface area contributed by atoms with Gasteiger partial charge in [0.1, 0.15) is 12.3 Å². The second-order valence-electron chi connectivity index (χ2n) is 9.80. The number of ether oxygens (including phenoxy) is 1. The number of fused-ring (bicyclic) bond motifs is 1. The molecular formula is C28H35N3O5S. The van der Waals surface area contributed by atoms with Crippen LogP contribution in [0.4, 0.5) is 5.69 Å². The van der Waals surface area contributed by atoms with Gasteiger partial charge >= 0.3 is 0 Å². The van der Waals surface area contributed by atoms with Gasteiger partial charge in [-0.05, 0) is 50.5 Å². The monoisotopic (exact) mass is 525 g/mol. The van der Waals surface area contributed by atoms with Crippen molar-refractivity contribution in [2.75, 3.05) is 24.2 Å². The minimum absolute atomic E-state index is 0.00600. The molecule has 2 unspecified atom stereocenters. The lowest BCUT2D eigenvalue weighted by atomic mass is 10.1. The molecular weight excluding hydrogens is 490 g/mol. The Hall–Kier alpha value is -3.17. The van der Waals surface area contributed by atoms with Crippen LogP contribution >= 0.6 is 0 Å². The molecule has 0 spiro atoms. The van der Waals surface area contributed by atoms with Crippen LogP contribution in [-0.4, -0.2) is 60.7 Å². The largest absolute Gasteiger partial charge is 0.372 e. The molecule has 2 heterocycles. The van der Waals surface area contributed by atoms with Crippen molar-refractivity contribution in [3.63, 3.8) is 0 Å². The molecule has 2 atom stereocenters. The van der Waals surface area contributed by atoms with Gasteiger partial charge in [0.25, 0.3) is 0 Å². The van der Waals surface area contributed by atoms with Crippen LogP contribution in [0.15, 0.2) is 59.6 Å². The van der Waals surface area contributed by atoms with Crippen molar-refractivity contribution in [2.45, 2.75) is 63.7 Å². The Kier molecular flexibility index (Phi) is 8.34. The van der Waals surface area contributed by atoms with Gasteiger partial charge in [-0.15, -0.1) is 0 Å². The van der Waals surface area contributed by atoms with Crippen LogP contribution in [0.3, 0.4) is 0 Å². The summed E-state index contributed by atoms with van der Waals surface area (Å²) in [6.45, 7) is 6.98. The summed E-state index contributed by atoms with van der Waals surface area (Å²) in [4.78, 5) is 27.5. The molecule has 1 aliphatic rings. The van der Waals surface area contributed by atoms with Crippen LogP contribution in [0.2, 0.25) is 0 Å². The Morgan fingerprint density at radius 2 is 1.70 bits per heavy atom. The minimum atomic E-state index is -3.96. The second kappa shape index (κ2) is 11.5. The SMILES string of the molecule is CCCCc1ccc(NC(=O)CS(=O)(=O)c2cn(CC(=O)N3CC(C)OC(C)C3)c3ccccc23)cc1. The van der Waals surface area contributed by atoms with E-state index in [1.54, 1.807) is 45.9 Å². The molecule has 37 heavy (non-hydrogen) atoms. The van der Waals surface area contributed by atoms with E-state index in [1.165, 1.54) is 11.8 Å². The van der Waals surface area contributed by atoms with Crippen molar-refractivity contribution >= 4 is 38.2 Å². The number of carbonyl (C=O) groups excluding carboxylic acids is 2. The number of hydrogen-bond donors (Lipinski definition) is 1. The number of nitrogens with zero attached hydrogens (tertiary/aromatic N) is 2. The zero-order valence-corrected chi connectivity index (χ0v) is 22.5. The van der Waals surface area contributed by atoms with E-state index in [0.29, 0.717) is 29.7 Å². The van der Waals surface area contributed by atoms with E-state index in [2.05, 4.69) is 12.2 Å². The van der Waals surface area contributed by atoms with E-state index in [4.69, 9.17) is 4.74 Å². The third-order valence-corrected chi connectivity index (χ3v) is 8.18. The molecule has 2 amide bonds. The summed E-state index contributed by atoms with van der Waals surface area (Å²) in [5.74, 6) is -1.40. The number of unbranched alkanes of at least 4 members (excludes halogenated alkanes) is 1. The van der Waals surface area contributed by atoms with Gasteiger partial charge in [-0.1, -0.05) is 43.7 Å². The number of benzene rings is 2. The maximum Gasteiger partial charge on any atom is 0.242 e. The summed E-state index contributed by atoms with van der Waals surface area (Å²) in [5.41, 5.74) is 2.37. The van der Waals surface area contributed by atoms with E-state index in [9.17, 15) is 18.0 Å². The highest BCUT2D eigenvalue weighted by molar-refractivity contribution is 7.92. The molecule has 8 nitrogen and oxygen atoms in total. The number of hydrogen-bond acceptors (Lipinski definition) is 5. The van der Waals surface area contributed by atoms with Crippen LogP contribution < -0.4 is 5.32 Å². The van der Waals surface area contributed by atoms with Gasteiger partial charge in [0.05, 0.1) is 17.1 Å². The van der Waals surface area contributed by atoms with Crippen LogP contribution in [0, 0.1) is 0 Å². The highest BCUT2D eigenvalue weighted by Gasteiger charge is 2.28. The van der Waals surface area contributed by atoms with Crippen LogP contribution in [0.5, 0.6) is 0 Å². The number of amides is 2. The smallest absolute Gasteiger partial charge is 0.242 e.